The molecule has 0 radical (unpaired) electrons. The van der Waals surface area contributed by atoms with Crippen molar-refractivity contribution in [2.45, 2.75) is 96.6 Å². The molecule has 0 aromatic rings. The number of ether oxygens (including phenoxy) is 2. The molecule has 1 N–H and O–H groups in total. The Kier molecular flexibility index (Phi) is 8.47. The van der Waals surface area contributed by atoms with E-state index in [0.717, 1.165) is 0 Å². The van der Waals surface area contributed by atoms with Crippen LogP contribution in [0.3, 0.4) is 0 Å². The average Bonchev–Trinajstić information content (AvgIpc) is 2.40. The minimum Gasteiger partial charge on any atom is -0.457 e. The molecule has 0 unspecified atom stereocenters. The lowest BCUT2D eigenvalue weighted by molar-refractivity contribution is -0.281. The minimum atomic E-state index is -2.03. The number of carbonyl (C=O) groups is 1. The average molecular weight is 439 g/mol. The lowest BCUT2D eigenvalue weighted by atomic mass is 9.99. The Morgan fingerprint density at radius 2 is 1.33 bits per heavy atom. The largest absolute Gasteiger partial charge is 0.457 e. The highest BCUT2D eigenvalue weighted by Gasteiger charge is 2.51. The Morgan fingerprint density at radius 3 is 1.74 bits per heavy atom. The summed E-state index contributed by atoms with van der Waals surface area (Å²) < 4.78 is 29.9. The Balaban J connectivity index is 3.20. The van der Waals surface area contributed by atoms with Crippen LogP contribution in [0.1, 0.15) is 6.92 Å². The van der Waals surface area contributed by atoms with Crippen LogP contribution in [0.4, 0.5) is 0 Å². The van der Waals surface area contributed by atoms with Crippen molar-refractivity contribution >= 4 is 30.9 Å². The van der Waals surface area contributed by atoms with E-state index in [1.54, 1.807) is 0 Å². The summed E-state index contributed by atoms with van der Waals surface area (Å²) in [5.74, 6) is -0.422. The van der Waals surface area contributed by atoms with Gasteiger partial charge in [-0.3, -0.25) is 4.79 Å². The molecule has 0 bridgehead atoms. The molecule has 1 rings (SSSR count). The third-order valence-electron chi connectivity index (χ3n) is 3.57. The van der Waals surface area contributed by atoms with E-state index >= 15 is 0 Å². The molecule has 1 aliphatic rings. The molecule has 160 valence electrons. The van der Waals surface area contributed by atoms with Crippen molar-refractivity contribution in [3.8, 4) is 0 Å². The number of esters is 1. The van der Waals surface area contributed by atoms with Gasteiger partial charge in [0.05, 0.1) is 6.61 Å². The highest BCUT2D eigenvalue weighted by Crippen LogP contribution is 2.31. The zero-order valence-corrected chi connectivity index (χ0v) is 21.5. The number of carbonyl (C=O) groups excluding carboxylic acids is 1. The van der Waals surface area contributed by atoms with E-state index in [-0.39, 0.29) is 6.61 Å². The molecule has 1 aliphatic heterocycles. The van der Waals surface area contributed by atoms with Gasteiger partial charge in [0.25, 0.3) is 0 Å². The third-order valence-corrected chi connectivity index (χ3v) is 6.56. The van der Waals surface area contributed by atoms with Crippen LogP contribution in [0.5, 0.6) is 0 Å². The second kappa shape index (κ2) is 9.16. The van der Waals surface area contributed by atoms with Crippen LogP contribution < -0.4 is 0 Å². The highest BCUT2D eigenvalue weighted by atomic mass is 28.4. The molecular weight excluding hydrogens is 400 g/mol. The van der Waals surface area contributed by atoms with Gasteiger partial charge >= 0.3 is 5.97 Å². The van der Waals surface area contributed by atoms with Gasteiger partial charge in [-0.1, -0.05) is 0 Å². The van der Waals surface area contributed by atoms with Gasteiger partial charge < -0.3 is 27.9 Å². The van der Waals surface area contributed by atoms with Crippen LogP contribution in [-0.4, -0.2) is 73.3 Å². The molecule has 0 saturated carbocycles. The maximum absolute atomic E-state index is 11.8. The monoisotopic (exact) mass is 438 g/mol. The van der Waals surface area contributed by atoms with E-state index in [9.17, 15) is 9.90 Å². The van der Waals surface area contributed by atoms with Gasteiger partial charge in [0.2, 0.25) is 0 Å². The summed E-state index contributed by atoms with van der Waals surface area (Å²) in [6.45, 7) is 20.1. The molecule has 1 fully saturated rings. The second-order valence-electron chi connectivity index (χ2n) is 9.95. The number of hydrogen-bond donors (Lipinski definition) is 1. The minimum absolute atomic E-state index is 0.232. The first kappa shape index (κ1) is 25.0. The summed E-state index contributed by atoms with van der Waals surface area (Å²) in [5, 5.41) is 10.7. The van der Waals surface area contributed by atoms with E-state index < -0.39 is 61.6 Å². The van der Waals surface area contributed by atoms with Crippen LogP contribution >= 0.6 is 0 Å². The van der Waals surface area contributed by atoms with Crippen molar-refractivity contribution in [3.05, 3.63) is 0 Å². The summed E-state index contributed by atoms with van der Waals surface area (Å²) in [6, 6.07) is 0. The van der Waals surface area contributed by atoms with Gasteiger partial charge in [-0.25, -0.2) is 0 Å². The predicted molar refractivity (Wildman–Crippen MR) is 112 cm³/mol. The SMILES string of the molecule is CC(=O)O[C@@H]1[C@H](O[Si](C)(C)C)[C@@H](O[Si](C)(C)C)[C@H](O)O[C@@H]1CO[Si](C)(C)C. The first-order valence-electron chi connectivity index (χ1n) is 9.49. The summed E-state index contributed by atoms with van der Waals surface area (Å²) in [7, 11) is -5.86. The summed E-state index contributed by atoms with van der Waals surface area (Å²) in [6.07, 6.45) is -3.80. The molecule has 0 amide bonds. The fraction of sp³-hybridized carbons (Fsp3) is 0.941. The number of aliphatic hydroxyl groups excluding tert-OH is 1. The first-order valence-corrected chi connectivity index (χ1v) is 19.7. The maximum Gasteiger partial charge on any atom is 0.303 e. The number of rotatable bonds is 8. The molecule has 10 heteroatoms. The molecular formula is C17H38O7Si3. The van der Waals surface area contributed by atoms with Gasteiger partial charge in [-0.2, -0.15) is 0 Å². The maximum atomic E-state index is 11.8. The van der Waals surface area contributed by atoms with E-state index in [1.807, 2.05) is 19.6 Å². The van der Waals surface area contributed by atoms with Crippen molar-refractivity contribution < 1.29 is 32.7 Å². The fourth-order valence-electron chi connectivity index (χ4n) is 2.77. The standard InChI is InChI=1S/C17H38O7Si3/c1-12(18)21-14-13(11-20-25(2,3)4)22-17(19)16(24-27(8,9)10)15(14)23-26(5,6)7/h13-17,19H,11H2,1-10H3/t13-,14+,15+,16-,17-/m1/s1. The van der Waals surface area contributed by atoms with Crippen LogP contribution in [0.15, 0.2) is 0 Å². The van der Waals surface area contributed by atoms with Crippen LogP contribution in [-0.2, 0) is 27.5 Å². The van der Waals surface area contributed by atoms with E-state index in [2.05, 4.69) is 39.3 Å². The van der Waals surface area contributed by atoms with Crippen LogP contribution in [0, 0.1) is 0 Å². The Hall–Kier alpha value is -0.0794. The van der Waals surface area contributed by atoms with Crippen molar-refractivity contribution in [2.24, 2.45) is 0 Å². The molecule has 7 nitrogen and oxygen atoms in total. The van der Waals surface area contributed by atoms with Crippen molar-refractivity contribution in [1.82, 2.24) is 0 Å². The Bertz CT molecular complexity index is 496. The third kappa shape index (κ3) is 9.31. The predicted octanol–water partition coefficient (Wildman–Crippen LogP) is 2.93. The van der Waals surface area contributed by atoms with Crippen molar-refractivity contribution in [1.29, 1.82) is 0 Å². The van der Waals surface area contributed by atoms with Gasteiger partial charge in [-0.05, 0) is 58.9 Å². The Morgan fingerprint density at radius 1 is 0.852 bits per heavy atom. The van der Waals surface area contributed by atoms with Crippen molar-refractivity contribution in [3.63, 3.8) is 0 Å². The quantitative estimate of drug-likeness (QED) is 0.461. The molecule has 5 atom stereocenters. The summed E-state index contributed by atoms with van der Waals surface area (Å²) >= 11 is 0. The lowest BCUT2D eigenvalue weighted by Crippen LogP contribution is -2.65. The van der Waals surface area contributed by atoms with E-state index in [0.29, 0.717) is 0 Å². The fourth-order valence-corrected chi connectivity index (χ4v) is 5.59. The lowest BCUT2D eigenvalue weighted by Gasteiger charge is -2.47. The van der Waals surface area contributed by atoms with Crippen LogP contribution in [0.25, 0.3) is 0 Å². The topological polar surface area (TPSA) is 83.5 Å². The number of aliphatic hydroxyl groups is 1. The zero-order chi connectivity index (χ0) is 21.2. The van der Waals surface area contributed by atoms with Gasteiger partial charge in [0, 0.05) is 6.92 Å². The van der Waals surface area contributed by atoms with Gasteiger partial charge in [0.15, 0.2) is 37.3 Å². The number of hydrogen-bond acceptors (Lipinski definition) is 7. The van der Waals surface area contributed by atoms with Gasteiger partial charge in [0.1, 0.15) is 18.3 Å². The van der Waals surface area contributed by atoms with Gasteiger partial charge in [-0.15, -0.1) is 0 Å². The zero-order valence-electron chi connectivity index (χ0n) is 18.5. The summed E-state index contributed by atoms with van der Waals surface area (Å²) in [5.41, 5.74) is 0. The second-order valence-corrected chi connectivity index (χ2v) is 23.4. The molecule has 27 heavy (non-hydrogen) atoms. The molecule has 1 heterocycles. The molecule has 0 spiro atoms. The highest BCUT2D eigenvalue weighted by molar-refractivity contribution is 6.70. The Labute approximate surface area is 167 Å². The smallest absolute Gasteiger partial charge is 0.303 e. The normalized spacial score (nSPS) is 30.3. The first-order chi connectivity index (χ1) is 12.0. The molecule has 0 aliphatic carbocycles. The van der Waals surface area contributed by atoms with Crippen molar-refractivity contribution in [2.75, 3.05) is 6.61 Å². The molecule has 0 aromatic carbocycles. The van der Waals surface area contributed by atoms with E-state index in [4.69, 9.17) is 22.8 Å². The molecule has 1 saturated heterocycles. The van der Waals surface area contributed by atoms with Crippen LogP contribution in [0.2, 0.25) is 58.9 Å². The summed E-state index contributed by atoms with van der Waals surface area (Å²) in [4.78, 5) is 11.8. The van der Waals surface area contributed by atoms with E-state index in [1.165, 1.54) is 6.92 Å². The molecule has 0 aromatic heterocycles.